The Bertz CT molecular complexity index is 324. The molecular weight excluding hydrogens is 244 g/mol. The highest BCUT2D eigenvalue weighted by molar-refractivity contribution is 9.10. The number of pyridine rings is 1. The van der Waals surface area contributed by atoms with Gasteiger partial charge in [-0.2, -0.15) is 0 Å². The van der Waals surface area contributed by atoms with Crippen LogP contribution in [0.25, 0.3) is 0 Å². The Morgan fingerprint density at radius 1 is 1.21 bits per heavy atom. The van der Waals surface area contributed by atoms with Crippen molar-refractivity contribution in [2.45, 2.75) is 19.3 Å². The first-order valence-electron chi connectivity index (χ1n) is 4.92. The first kappa shape index (κ1) is 9.77. The van der Waals surface area contributed by atoms with E-state index in [9.17, 15) is 5.21 Å². The molecule has 1 saturated heterocycles. The van der Waals surface area contributed by atoms with Gasteiger partial charge in [0.05, 0.1) is 13.1 Å². The Morgan fingerprint density at radius 3 is 2.64 bits per heavy atom. The number of halogens is 1. The Labute approximate surface area is 92.1 Å². The van der Waals surface area contributed by atoms with E-state index in [2.05, 4.69) is 20.8 Å². The van der Waals surface area contributed by atoms with Crippen LogP contribution < -0.4 is 9.63 Å². The first-order chi connectivity index (χ1) is 6.79. The van der Waals surface area contributed by atoms with E-state index < -0.39 is 0 Å². The predicted molar refractivity (Wildman–Crippen MR) is 59.2 cm³/mol. The molecule has 0 aromatic carbocycles. The fraction of sp³-hybridized carbons (Fsp3) is 0.500. The van der Waals surface area contributed by atoms with Gasteiger partial charge >= 0.3 is 0 Å². The average Bonchev–Trinajstić information content (AvgIpc) is 2.23. The number of nitrogens with zero attached hydrogens (tertiary/aromatic N) is 2. The van der Waals surface area contributed by atoms with Crippen molar-refractivity contribution in [3.8, 4) is 0 Å². The highest BCUT2D eigenvalue weighted by atomic mass is 79.9. The molecule has 1 aliphatic rings. The lowest BCUT2D eigenvalue weighted by molar-refractivity contribution is -0.604. The van der Waals surface area contributed by atoms with Gasteiger partial charge in [-0.3, -0.25) is 4.90 Å². The van der Waals surface area contributed by atoms with Gasteiger partial charge in [0.1, 0.15) is 0 Å². The van der Waals surface area contributed by atoms with Crippen molar-refractivity contribution in [3.05, 3.63) is 28.0 Å². The van der Waals surface area contributed by atoms with Crippen molar-refractivity contribution in [1.82, 2.24) is 0 Å². The second-order valence-corrected chi connectivity index (χ2v) is 4.36. The van der Waals surface area contributed by atoms with Gasteiger partial charge in [-0.05, 0) is 47.3 Å². The van der Waals surface area contributed by atoms with Crippen LogP contribution in [0.3, 0.4) is 0 Å². The van der Waals surface area contributed by atoms with E-state index in [1.807, 2.05) is 12.1 Å². The third-order valence-corrected chi connectivity index (χ3v) is 3.15. The number of hydrogen-bond acceptors (Lipinski definition) is 2. The van der Waals surface area contributed by atoms with Crippen LogP contribution in [0.2, 0.25) is 0 Å². The Morgan fingerprint density at radius 2 is 1.93 bits per heavy atom. The Kier molecular flexibility index (Phi) is 2.91. The molecule has 0 atom stereocenters. The number of piperidine rings is 1. The summed E-state index contributed by atoms with van der Waals surface area (Å²) < 4.78 is 1.53. The van der Waals surface area contributed by atoms with E-state index in [0.29, 0.717) is 4.60 Å². The quantitative estimate of drug-likeness (QED) is 0.438. The average molecular weight is 257 g/mol. The largest absolute Gasteiger partial charge is 0.710 e. The summed E-state index contributed by atoms with van der Waals surface area (Å²) in [5.41, 5.74) is 0. The molecule has 0 bridgehead atoms. The summed E-state index contributed by atoms with van der Waals surface area (Å²) in [5.74, 6) is 0.763. The van der Waals surface area contributed by atoms with Crippen molar-refractivity contribution in [2.24, 2.45) is 0 Å². The molecule has 0 spiro atoms. The zero-order chi connectivity index (χ0) is 9.97. The topological polar surface area (TPSA) is 30.2 Å². The van der Waals surface area contributed by atoms with E-state index in [0.717, 1.165) is 23.6 Å². The molecule has 1 aliphatic heterocycles. The van der Waals surface area contributed by atoms with Crippen LogP contribution in [0, 0.1) is 5.21 Å². The fourth-order valence-electron chi connectivity index (χ4n) is 1.82. The minimum Gasteiger partial charge on any atom is -0.710 e. The monoisotopic (exact) mass is 256 g/mol. The molecule has 76 valence electrons. The molecule has 0 amide bonds. The molecule has 3 nitrogen and oxygen atoms in total. The minimum absolute atomic E-state index is 0.584. The minimum atomic E-state index is 0.584. The lowest BCUT2D eigenvalue weighted by Crippen LogP contribution is -2.41. The van der Waals surface area contributed by atoms with Crippen molar-refractivity contribution >= 4 is 21.7 Å². The maximum absolute atomic E-state index is 11.7. The van der Waals surface area contributed by atoms with Gasteiger partial charge < -0.3 is 5.21 Å². The molecule has 0 radical (unpaired) electrons. The van der Waals surface area contributed by atoms with Crippen molar-refractivity contribution in [1.29, 1.82) is 0 Å². The van der Waals surface area contributed by atoms with Gasteiger partial charge in [0, 0.05) is 6.07 Å². The van der Waals surface area contributed by atoms with E-state index in [-0.39, 0.29) is 0 Å². The van der Waals surface area contributed by atoms with Crippen LogP contribution in [0.15, 0.2) is 22.8 Å². The molecule has 0 unspecified atom stereocenters. The maximum Gasteiger partial charge on any atom is 0.280 e. The predicted octanol–water partition coefficient (Wildman–Crippen LogP) is 2.07. The number of anilines is 1. The van der Waals surface area contributed by atoms with Crippen LogP contribution in [0.5, 0.6) is 0 Å². The van der Waals surface area contributed by atoms with Gasteiger partial charge in [0.2, 0.25) is 0 Å². The summed E-state index contributed by atoms with van der Waals surface area (Å²) in [6.45, 7) is 2.00. The second kappa shape index (κ2) is 4.17. The standard InChI is InChI=1S/C10H13BrN2O/c11-9-5-4-6-10(13(9)14)12-7-2-1-3-8-12/h4-6H,1-3,7-8H2. The summed E-state index contributed by atoms with van der Waals surface area (Å²) in [5, 5.41) is 11.7. The molecule has 14 heavy (non-hydrogen) atoms. The molecule has 0 aliphatic carbocycles. The molecule has 0 saturated carbocycles. The SMILES string of the molecule is [O-][n+]1c(Br)cccc1N1CCCCC1. The Hall–Kier alpha value is -0.770. The summed E-state index contributed by atoms with van der Waals surface area (Å²) in [7, 11) is 0. The number of aromatic nitrogens is 1. The summed E-state index contributed by atoms with van der Waals surface area (Å²) in [4.78, 5) is 2.15. The van der Waals surface area contributed by atoms with Crippen LogP contribution in [0.1, 0.15) is 19.3 Å². The molecular formula is C10H13BrN2O. The zero-order valence-electron chi connectivity index (χ0n) is 7.95. The van der Waals surface area contributed by atoms with Crippen molar-refractivity contribution in [2.75, 3.05) is 18.0 Å². The maximum atomic E-state index is 11.7. The van der Waals surface area contributed by atoms with Gasteiger partial charge in [0.15, 0.2) is 4.60 Å². The number of rotatable bonds is 1. The first-order valence-corrected chi connectivity index (χ1v) is 5.71. The molecule has 1 aromatic rings. The van der Waals surface area contributed by atoms with Crippen LogP contribution in [0.4, 0.5) is 5.82 Å². The third-order valence-electron chi connectivity index (χ3n) is 2.56. The number of hydrogen-bond donors (Lipinski definition) is 0. The highest BCUT2D eigenvalue weighted by Gasteiger charge is 2.20. The van der Waals surface area contributed by atoms with Crippen LogP contribution in [-0.4, -0.2) is 13.1 Å². The van der Waals surface area contributed by atoms with Gasteiger partial charge in [0.25, 0.3) is 5.82 Å². The summed E-state index contributed by atoms with van der Waals surface area (Å²) >= 11 is 3.24. The smallest absolute Gasteiger partial charge is 0.280 e. The lowest BCUT2D eigenvalue weighted by atomic mass is 10.1. The van der Waals surface area contributed by atoms with Crippen LogP contribution in [-0.2, 0) is 0 Å². The van der Waals surface area contributed by atoms with Crippen LogP contribution >= 0.6 is 15.9 Å². The molecule has 0 N–H and O–H groups in total. The molecule has 1 aromatic heterocycles. The normalized spacial score (nSPS) is 17.1. The Balaban J connectivity index is 2.26. The molecule has 1 fully saturated rings. The lowest BCUT2D eigenvalue weighted by Gasteiger charge is -2.24. The van der Waals surface area contributed by atoms with E-state index in [4.69, 9.17) is 0 Å². The van der Waals surface area contributed by atoms with Gasteiger partial charge in [-0.25, -0.2) is 4.73 Å². The van der Waals surface area contributed by atoms with E-state index >= 15 is 0 Å². The molecule has 2 heterocycles. The highest BCUT2D eigenvalue weighted by Crippen LogP contribution is 2.17. The van der Waals surface area contributed by atoms with Gasteiger partial charge in [-0.1, -0.05) is 0 Å². The zero-order valence-corrected chi connectivity index (χ0v) is 9.53. The van der Waals surface area contributed by atoms with Gasteiger partial charge in [-0.15, -0.1) is 0 Å². The second-order valence-electron chi connectivity index (χ2n) is 3.55. The van der Waals surface area contributed by atoms with Crippen molar-refractivity contribution in [3.63, 3.8) is 0 Å². The third kappa shape index (κ3) is 1.85. The molecule has 4 heteroatoms. The summed E-state index contributed by atoms with van der Waals surface area (Å²) in [6.07, 6.45) is 3.66. The molecule has 2 rings (SSSR count). The summed E-state index contributed by atoms with van der Waals surface area (Å²) in [6, 6.07) is 5.55. The van der Waals surface area contributed by atoms with Crippen molar-refractivity contribution < 1.29 is 4.73 Å². The van der Waals surface area contributed by atoms with E-state index in [1.54, 1.807) is 6.07 Å². The van der Waals surface area contributed by atoms with E-state index in [1.165, 1.54) is 19.3 Å². The fourth-order valence-corrected chi connectivity index (χ4v) is 2.15.